The number of nitrogens with two attached hydrogens (primary N) is 1. The van der Waals surface area contributed by atoms with E-state index in [0.29, 0.717) is 34.6 Å². The smallest absolute Gasteiger partial charge is 0.238 e. The van der Waals surface area contributed by atoms with E-state index in [1.165, 1.54) is 0 Å². The number of rotatable bonds is 3. The van der Waals surface area contributed by atoms with Crippen LogP contribution in [0.5, 0.6) is 0 Å². The number of amidine groups is 1. The molecule has 0 bridgehead atoms. The SMILES string of the molecule is N/C(=N/O)C1(C(=O)Nc2c(Cl)ccc3nsnc23)CCC1. The Morgan fingerprint density at radius 3 is 2.86 bits per heavy atom. The molecule has 1 amide bonds. The number of anilines is 1. The van der Waals surface area contributed by atoms with Gasteiger partial charge in [0.25, 0.3) is 0 Å². The van der Waals surface area contributed by atoms with E-state index in [-0.39, 0.29) is 11.7 Å². The van der Waals surface area contributed by atoms with Gasteiger partial charge in [0, 0.05) is 0 Å². The van der Waals surface area contributed by atoms with Gasteiger partial charge < -0.3 is 16.3 Å². The van der Waals surface area contributed by atoms with Crippen LogP contribution in [0.1, 0.15) is 19.3 Å². The van der Waals surface area contributed by atoms with Crippen LogP contribution < -0.4 is 11.1 Å². The fourth-order valence-corrected chi connectivity index (χ4v) is 3.15. The van der Waals surface area contributed by atoms with Gasteiger partial charge in [-0.15, -0.1) is 0 Å². The zero-order valence-electron chi connectivity index (χ0n) is 10.8. The third-order valence-corrected chi connectivity index (χ3v) is 4.71. The first-order chi connectivity index (χ1) is 10.1. The van der Waals surface area contributed by atoms with Gasteiger partial charge in [-0.2, -0.15) is 8.75 Å². The van der Waals surface area contributed by atoms with E-state index in [0.717, 1.165) is 18.1 Å². The van der Waals surface area contributed by atoms with Crippen molar-refractivity contribution in [2.75, 3.05) is 5.32 Å². The van der Waals surface area contributed by atoms with Crippen LogP contribution in [0.2, 0.25) is 5.02 Å². The Morgan fingerprint density at radius 1 is 1.48 bits per heavy atom. The normalized spacial score (nSPS) is 17.5. The van der Waals surface area contributed by atoms with E-state index in [1.54, 1.807) is 12.1 Å². The highest BCUT2D eigenvalue weighted by Gasteiger charge is 2.48. The van der Waals surface area contributed by atoms with Gasteiger partial charge in [-0.05, 0) is 25.0 Å². The zero-order valence-corrected chi connectivity index (χ0v) is 12.4. The van der Waals surface area contributed by atoms with E-state index >= 15 is 0 Å². The molecule has 0 radical (unpaired) electrons. The molecule has 1 aliphatic carbocycles. The molecular weight excluding hydrogens is 314 g/mol. The summed E-state index contributed by atoms with van der Waals surface area (Å²) in [5.41, 5.74) is 6.31. The quantitative estimate of drug-likeness (QED) is 0.346. The first-order valence-corrected chi connectivity index (χ1v) is 7.39. The molecule has 4 N–H and O–H groups in total. The van der Waals surface area contributed by atoms with Crippen molar-refractivity contribution in [3.8, 4) is 0 Å². The topological polar surface area (TPSA) is 113 Å². The summed E-state index contributed by atoms with van der Waals surface area (Å²) in [6.07, 6.45) is 1.93. The Labute approximate surface area is 129 Å². The summed E-state index contributed by atoms with van der Waals surface area (Å²) >= 11 is 7.18. The van der Waals surface area contributed by atoms with Crippen molar-refractivity contribution >= 4 is 51.8 Å². The first-order valence-electron chi connectivity index (χ1n) is 6.29. The predicted octanol–water partition coefficient (Wildman–Crippen LogP) is 2.20. The lowest BCUT2D eigenvalue weighted by molar-refractivity contribution is -0.125. The summed E-state index contributed by atoms with van der Waals surface area (Å²) < 4.78 is 8.25. The summed E-state index contributed by atoms with van der Waals surface area (Å²) in [5, 5.41) is 15.0. The molecule has 1 saturated carbocycles. The van der Waals surface area contributed by atoms with Crippen molar-refractivity contribution in [2.24, 2.45) is 16.3 Å². The largest absolute Gasteiger partial charge is 0.409 e. The number of aromatic nitrogens is 2. The molecular formula is C12H12ClN5O2S. The van der Waals surface area contributed by atoms with E-state index < -0.39 is 5.41 Å². The molecule has 9 heteroatoms. The van der Waals surface area contributed by atoms with Crippen molar-refractivity contribution in [1.82, 2.24) is 8.75 Å². The highest BCUT2D eigenvalue weighted by molar-refractivity contribution is 7.00. The minimum atomic E-state index is -0.969. The minimum Gasteiger partial charge on any atom is -0.409 e. The van der Waals surface area contributed by atoms with Crippen molar-refractivity contribution in [1.29, 1.82) is 0 Å². The van der Waals surface area contributed by atoms with E-state index in [9.17, 15) is 4.79 Å². The molecule has 1 aromatic heterocycles. The monoisotopic (exact) mass is 325 g/mol. The average Bonchev–Trinajstić information content (AvgIpc) is 2.89. The standard InChI is InChI=1S/C12H12ClN5O2S/c13-6-2-3-7-9(18-21-17-7)8(6)15-11(19)12(4-1-5-12)10(14)16-20/h2-3,20H,1,4-5H2,(H2,14,16)(H,15,19). The maximum Gasteiger partial charge on any atom is 0.238 e. The van der Waals surface area contributed by atoms with Gasteiger partial charge in [0.1, 0.15) is 16.4 Å². The summed E-state index contributed by atoms with van der Waals surface area (Å²) in [6.45, 7) is 0. The maximum atomic E-state index is 12.5. The molecule has 0 aliphatic heterocycles. The van der Waals surface area contributed by atoms with Crippen LogP contribution in [0.15, 0.2) is 17.3 Å². The summed E-state index contributed by atoms with van der Waals surface area (Å²) in [6, 6.07) is 3.39. The molecule has 3 rings (SSSR count). The maximum absolute atomic E-state index is 12.5. The summed E-state index contributed by atoms with van der Waals surface area (Å²) in [4.78, 5) is 12.5. The molecule has 0 unspecified atom stereocenters. The van der Waals surface area contributed by atoms with Crippen LogP contribution >= 0.6 is 23.3 Å². The lowest BCUT2D eigenvalue weighted by Crippen LogP contribution is -2.51. The summed E-state index contributed by atoms with van der Waals surface area (Å²) in [5.74, 6) is -0.419. The van der Waals surface area contributed by atoms with Crippen LogP contribution in [0.25, 0.3) is 11.0 Å². The van der Waals surface area contributed by atoms with Gasteiger partial charge in [-0.25, -0.2) is 0 Å². The Kier molecular flexibility index (Phi) is 3.42. The third-order valence-electron chi connectivity index (χ3n) is 3.86. The fourth-order valence-electron chi connectivity index (χ4n) is 2.40. The second-order valence-electron chi connectivity index (χ2n) is 4.93. The van der Waals surface area contributed by atoms with Gasteiger partial charge in [0.05, 0.1) is 22.4 Å². The predicted molar refractivity (Wildman–Crippen MR) is 80.7 cm³/mol. The number of halogens is 1. The molecule has 21 heavy (non-hydrogen) atoms. The molecule has 1 fully saturated rings. The molecule has 1 heterocycles. The fraction of sp³-hybridized carbons (Fsp3) is 0.333. The highest BCUT2D eigenvalue weighted by atomic mass is 35.5. The van der Waals surface area contributed by atoms with Crippen LogP contribution in [0.3, 0.4) is 0 Å². The molecule has 110 valence electrons. The number of nitrogens with one attached hydrogen (secondary N) is 1. The van der Waals surface area contributed by atoms with Crippen LogP contribution in [-0.2, 0) is 4.79 Å². The second kappa shape index (κ2) is 5.12. The van der Waals surface area contributed by atoms with E-state index in [2.05, 4.69) is 19.2 Å². The number of benzene rings is 1. The lowest BCUT2D eigenvalue weighted by atomic mass is 9.67. The molecule has 1 aromatic carbocycles. The van der Waals surface area contributed by atoms with Crippen molar-refractivity contribution < 1.29 is 10.0 Å². The number of nitrogens with zero attached hydrogens (tertiary/aromatic N) is 3. The Balaban J connectivity index is 1.97. The number of oxime groups is 1. The Bertz CT molecular complexity index is 740. The molecule has 1 aliphatic rings. The number of amides is 1. The van der Waals surface area contributed by atoms with Crippen LogP contribution in [0, 0.1) is 5.41 Å². The molecule has 0 atom stereocenters. The summed E-state index contributed by atoms with van der Waals surface area (Å²) in [7, 11) is 0. The van der Waals surface area contributed by atoms with Gasteiger partial charge in [0.2, 0.25) is 5.91 Å². The zero-order chi connectivity index (χ0) is 15.0. The number of fused-ring (bicyclic) bond motifs is 1. The van der Waals surface area contributed by atoms with Crippen LogP contribution in [-0.4, -0.2) is 25.7 Å². The van der Waals surface area contributed by atoms with Gasteiger partial charge in [-0.1, -0.05) is 23.2 Å². The first kappa shape index (κ1) is 14.0. The molecule has 2 aromatic rings. The third kappa shape index (κ3) is 2.11. The van der Waals surface area contributed by atoms with Crippen LogP contribution in [0.4, 0.5) is 5.69 Å². The molecule has 7 nitrogen and oxygen atoms in total. The van der Waals surface area contributed by atoms with Gasteiger partial charge >= 0.3 is 0 Å². The van der Waals surface area contributed by atoms with E-state index in [1.807, 2.05) is 0 Å². The minimum absolute atomic E-state index is 0.0778. The van der Waals surface area contributed by atoms with Crippen molar-refractivity contribution in [3.63, 3.8) is 0 Å². The van der Waals surface area contributed by atoms with Crippen molar-refractivity contribution in [2.45, 2.75) is 19.3 Å². The number of hydrogen-bond acceptors (Lipinski definition) is 6. The van der Waals surface area contributed by atoms with E-state index in [4.69, 9.17) is 22.5 Å². The molecule has 0 spiro atoms. The average molecular weight is 326 g/mol. The second-order valence-corrected chi connectivity index (χ2v) is 5.87. The van der Waals surface area contributed by atoms with Crippen molar-refractivity contribution in [3.05, 3.63) is 17.2 Å². The number of carbonyl (C=O) groups is 1. The van der Waals surface area contributed by atoms with Gasteiger partial charge in [-0.3, -0.25) is 4.79 Å². The van der Waals surface area contributed by atoms with Gasteiger partial charge in [0.15, 0.2) is 5.84 Å². The highest BCUT2D eigenvalue weighted by Crippen LogP contribution is 2.43. The lowest BCUT2D eigenvalue weighted by Gasteiger charge is -2.38. The Hall–Kier alpha value is -1.93. The Morgan fingerprint density at radius 2 is 2.24 bits per heavy atom. The number of hydrogen-bond donors (Lipinski definition) is 3. The molecule has 0 saturated heterocycles. The number of carbonyl (C=O) groups excluding carboxylic acids is 1.